The molecule has 1 aliphatic carbocycles. The van der Waals surface area contributed by atoms with Crippen LogP contribution < -0.4 is 4.74 Å². The number of esters is 1. The molecule has 5 nitrogen and oxygen atoms in total. The lowest BCUT2D eigenvalue weighted by Gasteiger charge is -2.40. The Morgan fingerprint density at radius 2 is 1.90 bits per heavy atom. The summed E-state index contributed by atoms with van der Waals surface area (Å²) in [5.74, 6) is 0.113. The quantitative estimate of drug-likeness (QED) is 0.637. The van der Waals surface area contributed by atoms with E-state index in [1.807, 2.05) is 36.4 Å². The van der Waals surface area contributed by atoms with Crippen LogP contribution in [-0.2, 0) is 16.8 Å². The van der Waals surface area contributed by atoms with Gasteiger partial charge < -0.3 is 14.7 Å². The number of carbonyl (C=O) groups excluding carboxylic acids is 2. The van der Waals surface area contributed by atoms with Crippen molar-refractivity contribution in [3.8, 4) is 5.75 Å². The average Bonchev–Trinajstić information content (AvgIpc) is 2.72. The summed E-state index contributed by atoms with van der Waals surface area (Å²) >= 11 is 0. The van der Waals surface area contributed by atoms with Gasteiger partial charge in [0.2, 0.25) is 0 Å². The number of ketones is 1. The van der Waals surface area contributed by atoms with Crippen molar-refractivity contribution in [2.24, 2.45) is 5.92 Å². The summed E-state index contributed by atoms with van der Waals surface area (Å²) in [6.07, 6.45) is 3.03. The van der Waals surface area contributed by atoms with E-state index in [0.717, 1.165) is 37.1 Å². The second kappa shape index (κ2) is 8.09. The Morgan fingerprint density at radius 1 is 1.17 bits per heavy atom. The molecule has 1 unspecified atom stereocenters. The minimum absolute atomic E-state index is 0.0574. The van der Waals surface area contributed by atoms with Crippen molar-refractivity contribution in [3.05, 3.63) is 65.2 Å². The second-order valence-corrected chi connectivity index (χ2v) is 8.21. The smallest absolute Gasteiger partial charge is 0.308 e. The number of fused-ring (bicyclic) bond motifs is 1. The van der Waals surface area contributed by atoms with E-state index >= 15 is 0 Å². The molecular formula is C24H27NO4. The molecule has 2 aromatic rings. The lowest BCUT2D eigenvalue weighted by molar-refractivity contribution is -0.131. The Balaban J connectivity index is 1.40. The molecule has 2 aromatic carbocycles. The summed E-state index contributed by atoms with van der Waals surface area (Å²) in [4.78, 5) is 26.6. The predicted molar refractivity (Wildman–Crippen MR) is 110 cm³/mol. The van der Waals surface area contributed by atoms with Gasteiger partial charge in [-0.05, 0) is 48.9 Å². The largest absolute Gasteiger partial charge is 0.427 e. The highest BCUT2D eigenvalue weighted by Gasteiger charge is 2.36. The van der Waals surface area contributed by atoms with Gasteiger partial charge in [-0.25, -0.2) is 0 Å². The summed E-state index contributed by atoms with van der Waals surface area (Å²) in [6, 6.07) is 15.2. The fourth-order valence-corrected chi connectivity index (χ4v) is 4.54. The first kappa shape index (κ1) is 19.8. The summed E-state index contributed by atoms with van der Waals surface area (Å²) < 4.78 is 5.15. The first-order valence-electron chi connectivity index (χ1n) is 10.3. The van der Waals surface area contributed by atoms with Gasteiger partial charge in [0, 0.05) is 38.0 Å². The number of Topliss-reactive ketones (excluding diaryl/α,β-unsaturated/α-hetero) is 1. The predicted octanol–water partition coefficient (Wildman–Crippen LogP) is 3.34. The van der Waals surface area contributed by atoms with Crippen LogP contribution in [0.3, 0.4) is 0 Å². The maximum Gasteiger partial charge on any atom is 0.308 e. The Labute approximate surface area is 171 Å². The number of ether oxygens (including phenoxy) is 1. The van der Waals surface area contributed by atoms with Crippen molar-refractivity contribution in [1.29, 1.82) is 0 Å². The van der Waals surface area contributed by atoms with E-state index in [-0.39, 0.29) is 17.7 Å². The molecule has 1 aliphatic heterocycles. The van der Waals surface area contributed by atoms with Crippen LogP contribution in [0.4, 0.5) is 0 Å². The topological polar surface area (TPSA) is 66.8 Å². The molecule has 0 radical (unpaired) electrons. The Hall–Kier alpha value is -2.50. The number of piperidine rings is 1. The molecule has 4 rings (SSSR count). The van der Waals surface area contributed by atoms with Gasteiger partial charge in [-0.2, -0.15) is 0 Å². The Bertz CT molecular complexity index is 900. The molecular weight excluding hydrogens is 366 g/mol. The first-order chi connectivity index (χ1) is 13.9. The highest BCUT2D eigenvalue weighted by atomic mass is 16.5. The van der Waals surface area contributed by atoms with Crippen LogP contribution in [0.1, 0.15) is 47.7 Å². The molecule has 0 bridgehead atoms. The number of aryl methyl sites for hydroxylation is 1. The van der Waals surface area contributed by atoms with Crippen LogP contribution in [0.15, 0.2) is 48.5 Å². The van der Waals surface area contributed by atoms with Crippen LogP contribution in [0.5, 0.6) is 5.75 Å². The number of hydrogen-bond donors (Lipinski definition) is 1. The van der Waals surface area contributed by atoms with Crippen molar-refractivity contribution < 1.29 is 19.4 Å². The lowest BCUT2D eigenvalue weighted by atomic mass is 9.81. The van der Waals surface area contributed by atoms with Gasteiger partial charge in [-0.15, -0.1) is 0 Å². The van der Waals surface area contributed by atoms with Crippen LogP contribution in [0, 0.1) is 5.92 Å². The highest BCUT2D eigenvalue weighted by molar-refractivity contribution is 6.00. The van der Waals surface area contributed by atoms with Gasteiger partial charge in [0.1, 0.15) is 5.75 Å². The van der Waals surface area contributed by atoms with Crippen molar-refractivity contribution in [3.63, 3.8) is 0 Å². The number of rotatable bonds is 4. The van der Waals surface area contributed by atoms with Gasteiger partial charge in [-0.1, -0.05) is 36.4 Å². The molecule has 2 aliphatic rings. The summed E-state index contributed by atoms with van der Waals surface area (Å²) in [6.45, 7) is 3.61. The van der Waals surface area contributed by atoms with Crippen LogP contribution in [0.25, 0.3) is 0 Å². The molecule has 152 valence electrons. The van der Waals surface area contributed by atoms with Gasteiger partial charge in [0.25, 0.3) is 0 Å². The van der Waals surface area contributed by atoms with E-state index in [2.05, 4.69) is 4.90 Å². The normalized spacial score (nSPS) is 21.4. The summed E-state index contributed by atoms with van der Waals surface area (Å²) in [5.41, 5.74) is 1.90. The zero-order valence-electron chi connectivity index (χ0n) is 16.8. The van der Waals surface area contributed by atoms with Gasteiger partial charge in [0.05, 0.1) is 5.60 Å². The molecule has 5 heteroatoms. The monoisotopic (exact) mass is 393 g/mol. The third-order valence-electron chi connectivity index (χ3n) is 6.21. The minimum atomic E-state index is -0.778. The number of likely N-dealkylation sites (tertiary alicyclic amines) is 1. The van der Waals surface area contributed by atoms with Crippen molar-refractivity contribution >= 4 is 11.8 Å². The summed E-state index contributed by atoms with van der Waals surface area (Å²) in [7, 11) is 0. The van der Waals surface area contributed by atoms with Gasteiger partial charge >= 0.3 is 5.97 Å². The van der Waals surface area contributed by atoms with Crippen molar-refractivity contribution in [2.75, 3.05) is 19.6 Å². The fraction of sp³-hybridized carbons (Fsp3) is 0.417. The Morgan fingerprint density at radius 3 is 2.59 bits per heavy atom. The number of nitrogens with zero attached hydrogens (tertiary/aromatic N) is 1. The van der Waals surface area contributed by atoms with Gasteiger partial charge in [-0.3, -0.25) is 9.59 Å². The number of aliphatic hydroxyl groups is 1. The maximum absolute atomic E-state index is 13.1. The molecule has 1 saturated heterocycles. The van der Waals surface area contributed by atoms with E-state index in [9.17, 15) is 14.7 Å². The van der Waals surface area contributed by atoms with E-state index in [1.165, 1.54) is 6.92 Å². The molecule has 0 amide bonds. The molecule has 1 N–H and O–H groups in total. The number of hydrogen-bond acceptors (Lipinski definition) is 5. The zero-order valence-corrected chi connectivity index (χ0v) is 16.8. The third-order valence-corrected chi connectivity index (χ3v) is 6.21. The second-order valence-electron chi connectivity index (χ2n) is 8.21. The zero-order chi connectivity index (χ0) is 20.4. The van der Waals surface area contributed by atoms with E-state index < -0.39 is 5.60 Å². The maximum atomic E-state index is 13.1. The van der Waals surface area contributed by atoms with Crippen molar-refractivity contribution in [2.45, 2.75) is 38.2 Å². The highest BCUT2D eigenvalue weighted by Crippen LogP contribution is 2.34. The molecule has 1 heterocycles. The van der Waals surface area contributed by atoms with Crippen molar-refractivity contribution in [1.82, 2.24) is 4.90 Å². The molecule has 0 aromatic heterocycles. The first-order valence-corrected chi connectivity index (χ1v) is 10.3. The standard InChI is InChI=1S/C24H27NO4/c1-17(26)29-21-10-9-18-7-8-19(23(27)22(18)15-21)16-25-13-11-24(28,12-14-25)20-5-3-2-4-6-20/h2-6,9-10,15,19,28H,7-8,11-14,16H2,1H3. The average molecular weight is 393 g/mol. The molecule has 1 atom stereocenters. The molecule has 0 saturated carbocycles. The van der Waals surface area contributed by atoms with E-state index in [0.29, 0.717) is 30.7 Å². The lowest BCUT2D eigenvalue weighted by Crippen LogP contribution is -2.45. The molecule has 0 spiro atoms. The van der Waals surface area contributed by atoms with Crippen LogP contribution >= 0.6 is 0 Å². The van der Waals surface area contributed by atoms with Crippen LogP contribution in [0.2, 0.25) is 0 Å². The van der Waals surface area contributed by atoms with E-state index in [4.69, 9.17) is 4.74 Å². The number of benzene rings is 2. The molecule has 29 heavy (non-hydrogen) atoms. The minimum Gasteiger partial charge on any atom is -0.427 e. The molecule has 1 fully saturated rings. The third kappa shape index (κ3) is 4.26. The summed E-state index contributed by atoms with van der Waals surface area (Å²) in [5, 5.41) is 11.0. The van der Waals surface area contributed by atoms with Gasteiger partial charge in [0.15, 0.2) is 5.78 Å². The fourth-order valence-electron chi connectivity index (χ4n) is 4.54. The van der Waals surface area contributed by atoms with Crippen LogP contribution in [-0.4, -0.2) is 41.4 Å². The van der Waals surface area contributed by atoms with E-state index in [1.54, 1.807) is 12.1 Å². The number of carbonyl (C=O) groups is 2. The Kier molecular flexibility index (Phi) is 5.52. The SMILES string of the molecule is CC(=O)Oc1ccc2c(c1)C(=O)C(CN1CCC(O)(c3ccccc3)CC1)CC2.